The number of nitrogens with zero attached hydrogens (tertiary/aromatic N) is 1. The summed E-state index contributed by atoms with van der Waals surface area (Å²) in [6, 6.07) is 20.7. The van der Waals surface area contributed by atoms with Crippen molar-refractivity contribution in [3.05, 3.63) is 89.1 Å². The van der Waals surface area contributed by atoms with Gasteiger partial charge in [-0.15, -0.1) is 0 Å². The summed E-state index contributed by atoms with van der Waals surface area (Å²) in [6.07, 6.45) is 2.05. The Kier molecular flexibility index (Phi) is 4.31. The maximum absolute atomic E-state index is 12.5. The third-order valence-electron chi connectivity index (χ3n) is 3.48. The zero-order valence-electron chi connectivity index (χ0n) is 11.9. The molecule has 1 aromatic heterocycles. The summed E-state index contributed by atoms with van der Waals surface area (Å²) >= 11 is 6.11. The molecule has 0 spiro atoms. The Morgan fingerprint density at radius 2 is 1.64 bits per heavy atom. The highest BCUT2D eigenvalue weighted by Gasteiger charge is 2.13. The molecule has 1 heterocycles. The molecule has 2 aromatic carbocycles. The van der Waals surface area contributed by atoms with Gasteiger partial charge in [0.15, 0.2) is 5.78 Å². The van der Waals surface area contributed by atoms with Crippen molar-refractivity contribution in [1.82, 2.24) is 4.98 Å². The molecule has 0 amide bonds. The molecule has 0 bridgehead atoms. The van der Waals surface area contributed by atoms with E-state index in [0.29, 0.717) is 17.0 Å². The lowest BCUT2D eigenvalue weighted by Gasteiger charge is -2.09. The van der Waals surface area contributed by atoms with E-state index >= 15 is 0 Å². The maximum atomic E-state index is 12.5. The van der Waals surface area contributed by atoms with Crippen LogP contribution < -0.4 is 0 Å². The van der Waals surface area contributed by atoms with Crippen LogP contribution in [0.15, 0.2) is 72.9 Å². The number of rotatable bonds is 4. The molecule has 0 radical (unpaired) electrons. The van der Waals surface area contributed by atoms with Gasteiger partial charge in [0.2, 0.25) is 0 Å². The van der Waals surface area contributed by atoms with Crippen molar-refractivity contribution in [3.8, 4) is 11.3 Å². The summed E-state index contributed by atoms with van der Waals surface area (Å²) in [6.45, 7) is 0. The molecule has 2 nitrogen and oxygen atoms in total. The van der Waals surface area contributed by atoms with E-state index in [4.69, 9.17) is 11.6 Å². The van der Waals surface area contributed by atoms with Gasteiger partial charge < -0.3 is 0 Å². The summed E-state index contributed by atoms with van der Waals surface area (Å²) < 4.78 is 0. The lowest BCUT2D eigenvalue weighted by molar-refractivity contribution is 0.0993. The first-order valence-corrected chi connectivity index (χ1v) is 7.40. The van der Waals surface area contributed by atoms with Crippen LogP contribution in [-0.4, -0.2) is 10.8 Å². The van der Waals surface area contributed by atoms with Crippen LogP contribution in [-0.2, 0) is 6.42 Å². The molecule has 0 aliphatic rings. The first-order valence-electron chi connectivity index (χ1n) is 7.03. The second kappa shape index (κ2) is 6.54. The van der Waals surface area contributed by atoms with E-state index in [2.05, 4.69) is 4.98 Å². The third-order valence-corrected chi connectivity index (χ3v) is 3.81. The molecule has 0 aliphatic heterocycles. The predicted molar refractivity (Wildman–Crippen MR) is 89.2 cm³/mol. The van der Waals surface area contributed by atoms with Crippen molar-refractivity contribution in [1.29, 1.82) is 0 Å². The van der Waals surface area contributed by atoms with E-state index in [1.165, 1.54) is 0 Å². The van der Waals surface area contributed by atoms with E-state index in [1.807, 2.05) is 54.6 Å². The van der Waals surface area contributed by atoms with Gasteiger partial charge in [-0.3, -0.25) is 9.78 Å². The van der Waals surface area contributed by atoms with Crippen LogP contribution in [0.3, 0.4) is 0 Å². The van der Waals surface area contributed by atoms with Crippen molar-refractivity contribution in [2.45, 2.75) is 6.42 Å². The van der Waals surface area contributed by atoms with Crippen LogP contribution in [0.2, 0.25) is 5.02 Å². The van der Waals surface area contributed by atoms with Gasteiger partial charge in [0.1, 0.15) is 0 Å². The molecular weight excluding hydrogens is 294 g/mol. The van der Waals surface area contributed by atoms with Gasteiger partial charge in [0.05, 0.1) is 10.7 Å². The van der Waals surface area contributed by atoms with Gasteiger partial charge in [-0.1, -0.05) is 54.1 Å². The summed E-state index contributed by atoms with van der Waals surface area (Å²) in [7, 11) is 0. The summed E-state index contributed by atoms with van der Waals surface area (Å²) in [4.78, 5) is 16.9. The molecule has 0 N–H and O–H groups in total. The van der Waals surface area contributed by atoms with Gasteiger partial charge in [0.25, 0.3) is 0 Å². The average molecular weight is 308 g/mol. The molecule has 0 unspecified atom stereocenters. The van der Waals surface area contributed by atoms with E-state index in [0.717, 1.165) is 16.8 Å². The van der Waals surface area contributed by atoms with Crippen LogP contribution in [0.5, 0.6) is 0 Å². The van der Waals surface area contributed by atoms with Gasteiger partial charge in [-0.25, -0.2) is 0 Å². The second-order valence-corrected chi connectivity index (χ2v) is 5.36. The fraction of sp³-hybridized carbons (Fsp3) is 0.0526. The quantitative estimate of drug-likeness (QED) is 0.646. The Balaban J connectivity index is 1.94. The Labute approximate surface area is 134 Å². The lowest BCUT2D eigenvalue weighted by Crippen LogP contribution is -2.05. The van der Waals surface area contributed by atoms with Crippen LogP contribution in [0, 0.1) is 0 Å². The van der Waals surface area contributed by atoms with Crippen LogP contribution in [0.25, 0.3) is 11.3 Å². The topological polar surface area (TPSA) is 30.0 Å². The van der Waals surface area contributed by atoms with E-state index in [9.17, 15) is 4.79 Å². The van der Waals surface area contributed by atoms with Crippen LogP contribution in [0.1, 0.15) is 15.9 Å². The number of hydrogen-bond acceptors (Lipinski definition) is 2. The molecule has 0 aliphatic carbocycles. The fourth-order valence-corrected chi connectivity index (χ4v) is 2.64. The molecule has 0 saturated heterocycles. The zero-order valence-corrected chi connectivity index (χ0v) is 12.6. The van der Waals surface area contributed by atoms with Crippen molar-refractivity contribution in [3.63, 3.8) is 0 Å². The number of halogens is 1. The minimum atomic E-state index is 0.00832. The molecule has 3 aromatic rings. The number of hydrogen-bond donors (Lipinski definition) is 0. The smallest absolute Gasteiger partial charge is 0.168 e. The van der Waals surface area contributed by atoms with Crippen molar-refractivity contribution in [2.24, 2.45) is 0 Å². The fourth-order valence-electron chi connectivity index (χ4n) is 2.40. The zero-order chi connectivity index (χ0) is 15.4. The summed E-state index contributed by atoms with van der Waals surface area (Å²) in [5, 5.41) is 0.489. The van der Waals surface area contributed by atoms with Crippen molar-refractivity contribution in [2.75, 3.05) is 0 Å². The molecule has 3 rings (SSSR count). The molecule has 0 atom stereocenters. The lowest BCUT2D eigenvalue weighted by atomic mass is 9.97. The Hall–Kier alpha value is -2.45. The van der Waals surface area contributed by atoms with E-state index in [1.54, 1.807) is 18.3 Å². The second-order valence-electron chi connectivity index (χ2n) is 4.95. The Bertz CT molecular complexity index is 799. The predicted octanol–water partition coefficient (Wildman–Crippen LogP) is 4.83. The Morgan fingerprint density at radius 3 is 2.41 bits per heavy atom. The number of carbonyl (C=O) groups is 1. The van der Waals surface area contributed by atoms with E-state index < -0.39 is 0 Å². The molecule has 3 heteroatoms. The molecule has 0 fully saturated rings. The largest absolute Gasteiger partial charge is 0.294 e. The van der Waals surface area contributed by atoms with Gasteiger partial charge in [0, 0.05) is 23.7 Å². The Morgan fingerprint density at radius 1 is 0.909 bits per heavy atom. The van der Waals surface area contributed by atoms with Crippen LogP contribution >= 0.6 is 11.6 Å². The average Bonchev–Trinajstić information content (AvgIpc) is 2.56. The van der Waals surface area contributed by atoms with E-state index in [-0.39, 0.29) is 5.78 Å². The molecule has 0 saturated carbocycles. The summed E-state index contributed by atoms with van der Waals surface area (Å²) in [5.41, 5.74) is 3.35. The monoisotopic (exact) mass is 307 g/mol. The standard InChI is InChI=1S/C19H14ClNO/c20-17-10-4-3-9-16(17)19(22)13-14-7-1-2-8-15(14)18-11-5-6-12-21-18/h1-12H,13H2. The molecule has 22 heavy (non-hydrogen) atoms. The third kappa shape index (κ3) is 3.07. The number of aromatic nitrogens is 1. The highest BCUT2D eigenvalue weighted by atomic mass is 35.5. The van der Waals surface area contributed by atoms with Crippen molar-refractivity contribution >= 4 is 17.4 Å². The molecular formula is C19H14ClNO. The first kappa shape index (κ1) is 14.5. The first-order chi connectivity index (χ1) is 10.8. The highest BCUT2D eigenvalue weighted by molar-refractivity contribution is 6.34. The summed E-state index contributed by atoms with van der Waals surface area (Å²) in [5.74, 6) is 0.00832. The SMILES string of the molecule is O=C(Cc1ccccc1-c1ccccn1)c1ccccc1Cl. The maximum Gasteiger partial charge on any atom is 0.168 e. The normalized spacial score (nSPS) is 10.4. The highest BCUT2D eigenvalue weighted by Crippen LogP contribution is 2.24. The number of ketones is 1. The number of benzene rings is 2. The van der Waals surface area contributed by atoms with Gasteiger partial charge in [-0.2, -0.15) is 0 Å². The number of carbonyl (C=O) groups excluding carboxylic acids is 1. The number of pyridine rings is 1. The van der Waals surface area contributed by atoms with Crippen molar-refractivity contribution < 1.29 is 4.79 Å². The minimum Gasteiger partial charge on any atom is -0.294 e. The number of Topliss-reactive ketones (excluding diaryl/α,β-unsaturated/α-hetero) is 1. The van der Waals surface area contributed by atoms with Gasteiger partial charge >= 0.3 is 0 Å². The molecule has 108 valence electrons. The minimum absolute atomic E-state index is 0.00832. The van der Waals surface area contributed by atoms with Gasteiger partial charge in [-0.05, 0) is 29.8 Å². The van der Waals surface area contributed by atoms with Crippen LogP contribution in [0.4, 0.5) is 0 Å².